The Morgan fingerprint density at radius 2 is 1.15 bits per heavy atom. The van der Waals surface area contributed by atoms with Crippen molar-refractivity contribution < 1.29 is 58.6 Å². The zero-order chi connectivity index (χ0) is 35.6. The molecule has 2 saturated heterocycles. The molecule has 8 nitrogen and oxygen atoms in total. The van der Waals surface area contributed by atoms with Crippen molar-refractivity contribution in [2.75, 3.05) is 13.2 Å². The standard InChI is InChI=1S/C33H35F5O8S2/c1-21(32(34,35)48(39,40)41)44-24-11-17-27(18-12-24)47(25-13-7-22(8-14-25)30(5)42-19-28(2,3)45-30)26-15-9-23(10-16-26)31(6)43-20-29(4,46-31)33(36,37)38/h7-18,21H,19-20H2,1-6H3/p+1. The highest BCUT2D eigenvalue weighted by atomic mass is 32.2. The molecule has 3 aromatic rings. The third-order valence-electron chi connectivity index (χ3n) is 8.23. The van der Waals surface area contributed by atoms with Crippen molar-refractivity contribution in [3.63, 3.8) is 0 Å². The molecule has 2 aliphatic heterocycles. The second kappa shape index (κ2) is 12.2. The van der Waals surface area contributed by atoms with E-state index in [2.05, 4.69) is 0 Å². The van der Waals surface area contributed by atoms with E-state index in [9.17, 15) is 30.4 Å². The fourth-order valence-corrected chi connectivity index (χ4v) is 7.93. The summed E-state index contributed by atoms with van der Waals surface area (Å²) in [5.74, 6) is -2.68. The summed E-state index contributed by atoms with van der Waals surface area (Å²) in [6.45, 7) is 8.61. The molecule has 0 spiro atoms. The quantitative estimate of drug-likeness (QED) is 0.137. The number of benzene rings is 3. The summed E-state index contributed by atoms with van der Waals surface area (Å²) < 4.78 is 129. The summed E-state index contributed by atoms with van der Waals surface area (Å²) in [6.07, 6.45) is -6.83. The molecule has 5 atom stereocenters. The van der Waals surface area contributed by atoms with E-state index in [1.165, 1.54) is 19.1 Å². The van der Waals surface area contributed by atoms with Gasteiger partial charge in [-0.1, -0.05) is 0 Å². The summed E-state index contributed by atoms with van der Waals surface area (Å²) >= 11 is 0. The van der Waals surface area contributed by atoms with Crippen LogP contribution in [0.4, 0.5) is 22.0 Å². The molecule has 0 amide bonds. The molecule has 0 bridgehead atoms. The maximum Gasteiger partial charge on any atom is 0.419 e. The summed E-state index contributed by atoms with van der Waals surface area (Å²) in [5, 5.41) is -4.54. The molecular formula is C33H36F5O8S2+. The van der Waals surface area contributed by atoms with Crippen molar-refractivity contribution in [2.45, 2.75) is 96.5 Å². The van der Waals surface area contributed by atoms with E-state index in [-0.39, 0.29) is 5.75 Å². The van der Waals surface area contributed by atoms with Crippen LogP contribution in [0.3, 0.4) is 0 Å². The molecule has 5 unspecified atom stereocenters. The second-order valence-corrected chi connectivity index (χ2v) is 16.3. The normalized spacial score (nSPS) is 27.5. The topological polar surface area (TPSA) is 101 Å². The first-order valence-electron chi connectivity index (χ1n) is 14.8. The van der Waals surface area contributed by atoms with Crippen LogP contribution < -0.4 is 4.74 Å². The van der Waals surface area contributed by atoms with E-state index < -0.39 is 67.9 Å². The maximum absolute atomic E-state index is 14.1. The van der Waals surface area contributed by atoms with Crippen molar-refractivity contribution >= 4 is 21.0 Å². The van der Waals surface area contributed by atoms with Crippen LogP contribution in [-0.4, -0.2) is 54.9 Å². The van der Waals surface area contributed by atoms with Gasteiger partial charge in [0.25, 0.3) is 0 Å². The summed E-state index contributed by atoms with van der Waals surface area (Å²) in [6, 6.07) is 20.4. The summed E-state index contributed by atoms with van der Waals surface area (Å²) in [7, 11) is -6.55. The average molecular weight is 720 g/mol. The van der Waals surface area contributed by atoms with Gasteiger partial charge in [-0.25, -0.2) is 0 Å². The Morgan fingerprint density at radius 1 is 0.729 bits per heavy atom. The molecule has 2 aliphatic rings. The number of ether oxygens (including phenoxy) is 5. The minimum atomic E-state index is -5.71. The number of alkyl halides is 5. The summed E-state index contributed by atoms with van der Waals surface area (Å²) in [4.78, 5) is 2.30. The Morgan fingerprint density at radius 3 is 1.52 bits per heavy atom. The number of halogens is 5. The predicted octanol–water partition coefficient (Wildman–Crippen LogP) is 7.57. The van der Waals surface area contributed by atoms with Gasteiger partial charge in [0.2, 0.25) is 0 Å². The smallest absolute Gasteiger partial charge is 0.419 e. The van der Waals surface area contributed by atoms with Gasteiger partial charge in [0.1, 0.15) is 5.75 Å². The Hall–Kier alpha value is -2.79. The molecule has 5 rings (SSSR count). The largest absolute Gasteiger partial charge is 0.483 e. The first-order chi connectivity index (χ1) is 22.0. The monoisotopic (exact) mass is 719 g/mol. The second-order valence-electron chi connectivity index (χ2n) is 12.8. The SMILES string of the molecule is CC(Oc1ccc([S+](c2ccc(C3(C)OCC(C)(C)O3)cc2)c2ccc(C3(C)OCC(C)(C(F)(F)F)O3)cc2)cc1)C(F)(F)S(=O)(=O)O. The highest BCUT2D eigenvalue weighted by Crippen LogP contribution is 2.47. The molecule has 2 heterocycles. The van der Waals surface area contributed by atoms with Crippen LogP contribution in [-0.2, 0) is 51.5 Å². The molecule has 0 radical (unpaired) electrons. The van der Waals surface area contributed by atoms with Gasteiger partial charge in [0.15, 0.2) is 38.0 Å². The first-order valence-corrected chi connectivity index (χ1v) is 17.5. The third kappa shape index (κ3) is 6.96. The Labute approximate surface area is 278 Å². The molecular weight excluding hydrogens is 683 g/mol. The first kappa shape index (κ1) is 36.5. The van der Waals surface area contributed by atoms with Crippen molar-refractivity contribution in [3.8, 4) is 5.75 Å². The lowest BCUT2D eigenvalue weighted by Crippen LogP contribution is -2.45. The van der Waals surface area contributed by atoms with Gasteiger partial charge in [-0.3, -0.25) is 4.55 Å². The third-order valence-corrected chi connectivity index (χ3v) is 11.5. The Kier molecular flexibility index (Phi) is 9.28. The van der Waals surface area contributed by atoms with E-state index in [4.69, 9.17) is 28.2 Å². The van der Waals surface area contributed by atoms with Crippen LogP contribution in [0.2, 0.25) is 0 Å². The van der Waals surface area contributed by atoms with Crippen LogP contribution >= 0.6 is 0 Å². The Bertz CT molecular complexity index is 1730. The lowest BCUT2D eigenvalue weighted by atomic mass is 10.1. The molecule has 48 heavy (non-hydrogen) atoms. The average Bonchev–Trinajstić information content (AvgIpc) is 3.49. The number of hydrogen-bond acceptors (Lipinski definition) is 7. The van der Waals surface area contributed by atoms with Crippen LogP contribution in [0.5, 0.6) is 5.75 Å². The van der Waals surface area contributed by atoms with Gasteiger partial charge < -0.3 is 23.7 Å². The molecule has 1 N–H and O–H groups in total. The number of rotatable bonds is 9. The van der Waals surface area contributed by atoms with Gasteiger partial charge in [-0.15, -0.1) is 0 Å². The lowest BCUT2D eigenvalue weighted by Gasteiger charge is -2.29. The van der Waals surface area contributed by atoms with Crippen LogP contribution in [0.15, 0.2) is 87.5 Å². The molecule has 2 fully saturated rings. The van der Waals surface area contributed by atoms with E-state index in [0.717, 1.165) is 29.2 Å². The van der Waals surface area contributed by atoms with E-state index in [1.54, 1.807) is 36.4 Å². The highest BCUT2D eigenvalue weighted by molar-refractivity contribution is 7.97. The zero-order valence-electron chi connectivity index (χ0n) is 26.9. The van der Waals surface area contributed by atoms with E-state index >= 15 is 0 Å². The molecule has 0 aromatic heterocycles. The van der Waals surface area contributed by atoms with Crippen molar-refractivity contribution in [1.29, 1.82) is 0 Å². The molecule has 0 aliphatic carbocycles. The fraction of sp³-hybridized carbons (Fsp3) is 0.455. The van der Waals surface area contributed by atoms with Crippen molar-refractivity contribution in [3.05, 3.63) is 83.9 Å². The van der Waals surface area contributed by atoms with Gasteiger partial charge in [0, 0.05) is 11.1 Å². The fourth-order valence-electron chi connectivity index (χ4n) is 5.42. The minimum Gasteiger partial charge on any atom is -0.483 e. The van der Waals surface area contributed by atoms with Crippen LogP contribution in [0.1, 0.15) is 52.7 Å². The molecule has 262 valence electrons. The van der Waals surface area contributed by atoms with Crippen molar-refractivity contribution in [1.82, 2.24) is 0 Å². The van der Waals surface area contributed by atoms with Gasteiger partial charge >= 0.3 is 21.5 Å². The zero-order valence-corrected chi connectivity index (χ0v) is 28.6. The van der Waals surface area contributed by atoms with Crippen molar-refractivity contribution in [2.24, 2.45) is 0 Å². The predicted molar refractivity (Wildman–Crippen MR) is 165 cm³/mol. The summed E-state index contributed by atoms with van der Waals surface area (Å²) in [5.41, 5.74) is -1.80. The minimum absolute atomic E-state index is 0.0638. The molecule has 0 saturated carbocycles. The highest BCUT2D eigenvalue weighted by Gasteiger charge is 2.61. The van der Waals surface area contributed by atoms with Crippen LogP contribution in [0.25, 0.3) is 0 Å². The number of hydrogen-bond donors (Lipinski definition) is 1. The van der Waals surface area contributed by atoms with E-state index in [1.807, 2.05) is 45.0 Å². The van der Waals surface area contributed by atoms with Gasteiger partial charge in [-0.05, 0) is 114 Å². The molecule has 3 aromatic carbocycles. The van der Waals surface area contributed by atoms with E-state index in [0.29, 0.717) is 17.1 Å². The Balaban J connectivity index is 1.48. The van der Waals surface area contributed by atoms with Gasteiger partial charge in [0.05, 0.1) is 29.7 Å². The molecule has 15 heteroatoms. The van der Waals surface area contributed by atoms with Gasteiger partial charge in [-0.2, -0.15) is 30.4 Å². The lowest BCUT2D eigenvalue weighted by molar-refractivity contribution is -0.283. The van der Waals surface area contributed by atoms with Crippen LogP contribution in [0, 0.1) is 0 Å². The maximum atomic E-state index is 14.1.